The molecule has 6 nitrogen and oxygen atoms in total. The summed E-state index contributed by atoms with van der Waals surface area (Å²) in [4.78, 5) is 28.2. The van der Waals surface area contributed by atoms with Crippen LogP contribution < -0.4 is 0 Å². The number of carbonyl (C=O) groups excluding carboxylic acids is 1. The van der Waals surface area contributed by atoms with Gasteiger partial charge in [-0.2, -0.15) is 0 Å². The highest BCUT2D eigenvalue weighted by Gasteiger charge is 2.28. The highest BCUT2D eigenvalue weighted by atomic mass is 32.1. The van der Waals surface area contributed by atoms with Gasteiger partial charge in [0.05, 0.1) is 0 Å². The van der Waals surface area contributed by atoms with Crippen molar-refractivity contribution in [1.82, 2.24) is 4.98 Å². The predicted molar refractivity (Wildman–Crippen MR) is 120 cm³/mol. The highest BCUT2D eigenvalue weighted by Crippen LogP contribution is 2.43. The van der Waals surface area contributed by atoms with Crippen LogP contribution in [-0.2, 0) is 6.42 Å². The molecule has 0 aliphatic rings. The van der Waals surface area contributed by atoms with E-state index in [1.54, 1.807) is 36.5 Å². The number of aryl methyl sites for hydroxylation is 1. The van der Waals surface area contributed by atoms with Crippen LogP contribution in [0.25, 0.3) is 22.0 Å². The van der Waals surface area contributed by atoms with E-state index >= 15 is 0 Å². The minimum Gasteiger partial charge on any atom is -0.506 e. The second-order valence-electron chi connectivity index (χ2n) is 7.21. The van der Waals surface area contributed by atoms with Crippen molar-refractivity contribution in [3.63, 3.8) is 0 Å². The molecule has 31 heavy (non-hydrogen) atoms. The molecule has 4 rings (SSSR count). The van der Waals surface area contributed by atoms with Gasteiger partial charge in [0.2, 0.25) is 5.78 Å². The molecule has 0 atom stereocenters. The van der Waals surface area contributed by atoms with Gasteiger partial charge < -0.3 is 20.3 Å². The minimum atomic E-state index is -1.19. The highest BCUT2D eigenvalue weighted by molar-refractivity contribution is 7.17. The third kappa shape index (κ3) is 3.85. The van der Waals surface area contributed by atoms with Gasteiger partial charge in [0.25, 0.3) is 0 Å². The number of aromatic carboxylic acids is 1. The number of nitrogens with one attached hydrogen (secondary N) is 1. The predicted octanol–water partition coefficient (Wildman–Crippen LogP) is 4.85. The lowest BCUT2D eigenvalue weighted by molar-refractivity contribution is 0.0702. The van der Waals surface area contributed by atoms with Gasteiger partial charge in [0.1, 0.15) is 15.5 Å². The Balaban J connectivity index is 1.78. The van der Waals surface area contributed by atoms with Crippen molar-refractivity contribution in [3.8, 4) is 16.9 Å². The Hall–Kier alpha value is -3.42. The smallest absolute Gasteiger partial charge is 0.346 e. The Labute approximate surface area is 182 Å². The number of benzene rings is 2. The zero-order valence-electron chi connectivity index (χ0n) is 16.6. The maximum absolute atomic E-state index is 13.3. The number of aliphatic hydroxyl groups is 1. The number of carboxylic acid groups (broad SMARTS) is 1. The number of carboxylic acids is 1. The van der Waals surface area contributed by atoms with Crippen molar-refractivity contribution >= 4 is 34.0 Å². The van der Waals surface area contributed by atoms with Crippen LogP contribution in [0.4, 0.5) is 0 Å². The summed E-state index contributed by atoms with van der Waals surface area (Å²) >= 11 is 0.784. The van der Waals surface area contributed by atoms with E-state index in [0.29, 0.717) is 17.5 Å². The van der Waals surface area contributed by atoms with Gasteiger partial charge in [-0.25, -0.2) is 4.79 Å². The lowest BCUT2D eigenvalue weighted by Crippen LogP contribution is -1.98. The second-order valence-corrected chi connectivity index (χ2v) is 8.23. The number of aromatic amines is 1. The average Bonchev–Trinajstić information content (AvgIpc) is 3.36. The van der Waals surface area contributed by atoms with Gasteiger partial charge in [0, 0.05) is 34.8 Å². The average molecular weight is 436 g/mol. The SMILES string of the molecule is O=C(O)c1sc(C(=O)c2c[nH]c3c(CCCCO)cccc23)c(O)c1-c1ccccc1. The normalized spacial score (nSPS) is 11.1. The van der Waals surface area contributed by atoms with Crippen LogP contribution in [0.15, 0.2) is 54.7 Å². The first-order valence-electron chi connectivity index (χ1n) is 9.92. The Morgan fingerprint density at radius 3 is 2.45 bits per heavy atom. The zero-order valence-corrected chi connectivity index (χ0v) is 17.4. The third-order valence-electron chi connectivity index (χ3n) is 5.25. The van der Waals surface area contributed by atoms with Gasteiger partial charge in [-0.15, -0.1) is 11.3 Å². The quantitative estimate of drug-likeness (QED) is 0.234. The van der Waals surface area contributed by atoms with Crippen molar-refractivity contribution < 1.29 is 24.9 Å². The standard InChI is InChI=1S/C24H21NO5S/c26-12-5-4-9-15-10-6-11-16-17(13-25-19(15)16)20(27)23-21(28)18(22(31-23)24(29)30)14-7-2-1-3-8-14/h1-3,6-8,10-11,13,25-26,28H,4-5,9,12H2,(H,29,30). The molecule has 0 bridgehead atoms. The number of unbranched alkanes of at least 4 members (excludes halogenated alkanes) is 1. The number of para-hydroxylation sites is 1. The van der Waals surface area contributed by atoms with Crippen LogP contribution in [0.3, 0.4) is 0 Å². The van der Waals surface area contributed by atoms with Gasteiger partial charge in [-0.05, 0) is 30.4 Å². The second kappa shape index (κ2) is 8.75. The molecule has 0 radical (unpaired) electrons. The number of aliphatic hydroxyl groups excluding tert-OH is 1. The lowest BCUT2D eigenvalue weighted by Gasteiger charge is -2.04. The van der Waals surface area contributed by atoms with Crippen molar-refractivity contribution in [2.45, 2.75) is 19.3 Å². The number of rotatable bonds is 8. The zero-order chi connectivity index (χ0) is 22.0. The van der Waals surface area contributed by atoms with Crippen molar-refractivity contribution in [3.05, 3.63) is 75.6 Å². The molecule has 0 saturated heterocycles. The molecule has 0 saturated carbocycles. The van der Waals surface area contributed by atoms with E-state index < -0.39 is 11.8 Å². The van der Waals surface area contributed by atoms with Gasteiger partial charge in [0.15, 0.2) is 0 Å². The summed E-state index contributed by atoms with van der Waals surface area (Å²) in [6, 6.07) is 14.4. The Bertz CT molecular complexity index is 1260. The van der Waals surface area contributed by atoms with Crippen LogP contribution in [-0.4, -0.2) is 38.7 Å². The number of hydrogen-bond acceptors (Lipinski definition) is 5. The van der Waals surface area contributed by atoms with E-state index in [4.69, 9.17) is 5.11 Å². The molecule has 7 heteroatoms. The largest absolute Gasteiger partial charge is 0.506 e. The Morgan fingerprint density at radius 2 is 1.74 bits per heavy atom. The molecule has 0 aliphatic heterocycles. The topological polar surface area (TPSA) is 111 Å². The summed E-state index contributed by atoms with van der Waals surface area (Å²) in [5.74, 6) is -1.93. The number of hydrogen-bond donors (Lipinski definition) is 4. The molecule has 2 aromatic carbocycles. The fourth-order valence-corrected chi connectivity index (χ4v) is 4.77. The van der Waals surface area contributed by atoms with E-state index in [1.807, 2.05) is 18.2 Å². The maximum Gasteiger partial charge on any atom is 0.346 e. The first-order valence-corrected chi connectivity index (χ1v) is 10.7. The van der Waals surface area contributed by atoms with E-state index in [0.717, 1.165) is 40.6 Å². The van der Waals surface area contributed by atoms with Crippen molar-refractivity contribution in [1.29, 1.82) is 0 Å². The van der Waals surface area contributed by atoms with Crippen LogP contribution in [0.2, 0.25) is 0 Å². The van der Waals surface area contributed by atoms with Crippen molar-refractivity contribution in [2.75, 3.05) is 6.61 Å². The molecule has 2 aromatic heterocycles. The third-order valence-corrected chi connectivity index (χ3v) is 6.41. The number of fused-ring (bicyclic) bond motifs is 1. The monoisotopic (exact) mass is 435 g/mol. The molecule has 4 aromatic rings. The maximum atomic E-state index is 13.3. The summed E-state index contributed by atoms with van der Waals surface area (Å²) in [7, 11) is 0. The summed E-state index contributed by atoms with van der Waals surface area (Å²) < 4.78 is 0. The summed E-state index contributed by atoms with van der Waals surface area (Å²) in [6.07, 6.45) is 3.89. The molecule has 4 N–H and O–H groups in total. The molecule has 0 unspecified atom stereocenters. The van der Waals surface area contributed by atoms with Gasteiger partial charge >= 0.3 is 5.97 Å². The number of aromatic nitrogens is 1. The summed E-state index contributed by atoms with van der Waals surface area (Å²) in [6.45, 7) is 0.137. The first-order chi connectivity index (χ1) is 15.0. The molecule has 0 aliphatic carbocycles. The van der Waals surface area contributed by atoms with Gasteiger partial charge in [-0.3, -0.25) is 4.79 Å². The fraction of sp³-hybridized carbons (Fsp3) is 0.167. The van der Waals surface area contributed by atoms with Crippen molar-refractivity contribution in [2.24, 2.45) is 0 Å². The van der Waals surface area contributed by atoms with Gasteiger partial charge in [-0.1, -0.05) is 48.5 Å². The number of H-pyrrole nitrogens is 1. The molecule has 158 valence electrons. The van der Waals surface area contributed by atoms with Crippen LogP contribution in [0.1, 0.15) is 43.3 Å². The van der Waals surface area contributed by atoms with E-state index in [-0.39, 0.29) is 27.7 Å². The van der Waals surface area contributed by atoms with E-state index in [1.165, 1.54) is 0 Å². The van der Waals surface area contributed by atoms with Crippen LogP contribution in [0, 0.1) is 0 Å². The van der Waals surface area contributed by atoms with E-state index in [2.05, 4.69) is 4.98 Å². The number of aromatic hydroxyl groups is 1. The number of ketones is 1. The van der Waals surface area contributed by atoms with E-state index in [9.17, 15) is 19.8 Å². The Kier molecular flexibility index (Phi) is 5.88. The number of thiophene rings is 1. The summed E-state index contributed by atoms with van der Waals surface area (Å²) in [5.41, 5.74) is 2.95. The molecule has 2 heterocycles. The molecular weight excluding hydrogens is 414 g/mol. The summed E-state index contributed by atoms with van der Waals surface area (Å²) in [5, 5.41) is 30.2. The first kappa shape index (κ1) is 20.8. The molecule has 0 amide bonds. The number of carbonyl (C=O) groups is 2. The molecule has 0 fully saturated rings. The van der Waals surface area contributed by atoms with Crippen LogP contribution in [0.5, 0.6) is 5.75 Å². The van der Waals surface area contributed by atoms with Crippen LogP contribution >= 0.6 is 11.3 Å². The molecule has 0 spiro atoms. The lowest BCUT2D eigenvalue weighted by atomic mass is 10.0. The minimum absolute atomic E-state index is 0.00263. The fourth-order valence-electron chi connectivity index (χ4n) is 3.76. The molecular formula is C24H21NO5S. The Morgan fingerprint density at radius 1 is 0.968 bits per heavy atom.